The second-order valence-electron chi connectivity index (χ2n) is 10.1. The Kier molecular flexibility index (Phi) is 10.2. The average molecular weight is 526 g/mol. The zero-order chi connectivity index (χ0) is 26.3. The number of aromatic carboxylic acids is 1. The summed E-state index contributed by atoms with van der Waals surface area (Å²) in [6, 6.07) is 35.8. The fraction of sp³-hybridized carbons (Fsp3) is 0.235. The molecule has 1 aliphatic carbocycles. The number of hydrogen-bond donors (Lipinski definition) is 0. The zero-order valence-electron chi connectivity index (χ0n) is 22.5. The van der Waals surface area contributed by atoms with Gasteiger partial charge in [-0.15, -0.1) is 0 Å². The first kappa shape index (κ1) is 28.8. The van der Waals surface area contributed by atoms with Crippen LogP contribution in [0.1, 0.15) is 58.6 Å². The smallest absolute Gasteiger partial charge is 0.545 e. The molecule has 39 heavy (non-hydrogen) atoms. The predicted octanol–water partition coefficient (Wildman–Crippen LogP) is 3.07. The van der Waals surface area contributed by atoms with Gasteiger partial charge in [-0.1, -0.05) is 122 Å². The Morgan fingerprint density at radius 2 is 1.21 bits per heavy atom. The maximum absolute atomic E-state index is 13.8. The average Bonchev–Trinajstić information content (AvgIpc) is 3.51. The van der Waals surface area contributed by atoms with E-state index < -0.39 is 5.97 Å². The number of amides is 1. The van der Waals surface area contributed by atoms with Crippen LogP contribution in [0.15, 0.2) is 109 Å². The Bertz CT molecular complexity index is 1310. The summed E-state index contributed by atoms with van der Waals surface area (Å²) < 4.78 is 0. The molecular weight excluding hydrogens is 493 g/mol. The molecule has 1 aliphatic rings. The van der Waals surface area contributed by atoms with Crippen molar-refractivity contribution in [3.8, 4) is 11.1 Å². The molecule has 5 heteroatoms. The van der Waals surface area contributed by atoms with Crippen LogP contribution in [0.25, 0.3) is 11.1 Å². The van der Waals surface area contributed by atoms with Crippen molar-refractivity contribution in [2.24, 2.45) is 5.92 Å². The van der Waals surface area contributed by atoms with Crippen LogP contribution in [0.3, 0.4) is 0 Å². The first-order valence-corrected chi connectivity index (χ1v) is 13.4. The van der Waals surface area contributed by atoms with E-state index in [-0.39, 0.29) is 52.9 Å². The molecule has 0 radical (unpaired) electrons. The van der Waals surface area contributed by atoms with E-state index in [4.69, 9.17) is 0 Å². The number of nitrogens with zero attached hydrogens (tertiary/aromatic N) is 1. The molecular formula is C34H32NNaO3. The molecule has 0 heterocycles. The van der Waals surface area contributed by atoms with Crippen LogP contribution in [-0.4, -0.2) is 23.3 Å². The summed E-state index contributed by atoms with van der Waals surface area (Å²) in [5.41, 5.74) is 5.59. The van der Waals surface area contributed by atoms with Gasteiger partial charge in [0.15, 0.2) is 0 Å². The van der Waals surface area contributed by atoms with Crippen LogP contribution in [-0.2, 0) is 11.3 Å². The van der Waals surface area contributed by atoms with Gasteiger partial charge in [-0.2, -0.15) is 0 Å². The minimum Gasteiger partial charge on any atom is -0.545 e. The van der Waals surface area contributed by atoms with Gasteiger partial charge in [-0.05, 0) is 46.2 Å². The molecule has 1 fully saturated rings. The largest absolute Gasteiger partial charge is 1.00 e. The van der Waals surface area contributed by atoms with Gasteiger partial charge in [0.2, 0.25) is 5.91 Å². The molecule has 0 unspecified atom stereocenters. The van der Waals surface area contributed by atoms with E-state index in [1.54, 1.807) is 24.3 Å². The summed E-state index contributed by atoms with van der Waals surface area (Å²) in [7, 11) is 0. The third-order valence-electron chi connectivity index (χ3n) is 7.60. The summed E-state index contributed by atoms with van der Waals surface area (Å²) >= 11 is 0. The van der Waals surface area contributed by atoms with E-state index in [1.165, 1.54) is 11.1 Å². The summed E-state index contributed by atoms with van der Waals surface area (Å²) in [6.07, 6.45) is 4.18. The van der Waals surface area contributed by atoms with Crippen molar-refractivity contribution in [2.75, 3.05) is 6.54 Å². The van der Waals surface area contributed by atoms with Crippen LogP contribution >= 0.6 is 0 Å². The van der Waals surface area contributed by atoms with Crippen molar-refractivity contribution in [1.29, 1.82) is 0 Å². The third kappa shape index (κ3) is 7.27. The molecule has 0 aliphatic heterocycles. The summed E-state index contributed by atoms with van der Waals surface area (Å²) in [6.45, 7) is 1.17. The first-order valence-electron chi connectivity index (χ1n) is 13.4. The third-order valence-corrected chi connectivity index (χ3v) is 7.60. The molecule has 1 amide bonds. The molecule has 0 bridgehead atoms. The van der Waals surface area contributed by atoms with Crippen LogP contribution in [0.4, 0.5) is 0 Å². The van der Waals surface area contributed by atoms with E-state index in [0.29, 0.717) is 13.1 Å². The van der Waals surface area contributed by atoms with E-state index in [1.807, 2.05) is 24.3 Å². The van der Waals surface area contributed by atoms with Crippen molar-refractivity contribution in [3.05, 3.63) is 131 Å². The van der Waals surface area contributed by atoms with E-state index in [2.05, 4.69) is 65.6 Å². The van der Waals surface area contributed by atoms with Gasteiger partial charge in [-0.25, -0.2) is 0 Å². The van der Waals surface area contributed by atoms with Crippen molar-refractivity contribution < 1.29 is 44.3 Å². The van der Waals surface area contributed by atoms with Crippen molar-refractivity contribution >= 4 is 11.9 Å². The molecule has 1 saturated carbocycles. The van der Waals surface area contributed by atoms with Crippen LogP contribution in [0.2, 0.25) is 0 Å². The van der Waals surface area contributed by atoms with Crippen molar-refractivity contribution in [1.82, 2.24) is 4.90 Å². The molecule has 0 saturated heterocycles. The molecule has 4 nitrogen and oxygen atoms in total. The summed E-state index contributed by atoms with van der Waals surface area (Å²) in [5, 5.41) is 11.1. The Balaban J connectivity index is 0.00000353. The first-order chi connectivity index (χ1) is 18.6. The zero-order valence-corrected chi connectivity index (χ0v) is 24.5. The Morgan fingerprint density at radius 1 is 0.718 bits per heavy atom. The van der Waals surface area contributed by atoms with E-state index in [9.17, 15) is 14.7 Å². The topological polar surface area (TPSA) is 60.4 Å². The monoisotopic (exact) mass is 525 g/mol. The molecule has 0 N–H and O–H groups in total. The van der Waals surface area contributed by atoms with Crippen LogP contribution in [0.5, 0.6) is 0 Å². The van der Waals surface area contributed by atoms with Gasteiger partial charge in [-0.3, -0.25) is 4.79 Å². The van der Waals surface area contributed by atoms with Crippen molar-refractivity contribution in [2.45, 2.75) is 38.1 Å². The molecule has 4 aromatic rings. The minimum absolute atomic E-state index is 0. The van der Waals surface area contributed by atoms with Gasteiger partial charge in [0, 0.05) is 24.9 Å². The number of carboxylic acids is 1. The van der Waals surface area contributed by atoms with Crippen LogP contribution in [0, 0.1) is 5.92 Å². The quantitative estimate of drug-likeness (QED) is 0.316. The molecule has 5 rings (SSSR count). The second kappa shape index (κ2) is 13.7. The number of hydrogen-bond acceptors (Lipinski definition) is 3. The Hall–Kier alpha value is -3.18. The Labute approximate surface area is 253 Å². The number of carbonyl (C=O) groups is 2. The SMILES string of the molecule is O=C([O-])c1ccc(-c2ccc(CN(CC(c3ccccc3)c3ccccc3)C(=O)C3CCCC3)cc2)cc1.[Na+]. The van der Waals surface area contributed by atoms with Gasteiger partial charge < -0.3 is 14.8 Å². The summed E-state index contributed by atoms with van der Waals surface area (Å²) in [5.74, 6) is -0.738. The maximum Gasteiger partial charge on any atom is 1.00 e. The summed E-state index contributed by atoms with van der Waals surface area (Å²) in [4.78, 5) is 26.9. The number of carbonyl (C=O) groups excluding carboxylic acids is 2. The minimum atomic E-state index is -1.18. The van der Waals surface area contributed by atoms with E-state index in [0.717, 1.165) is 42.4 Å². The fourth-order valence-corrected chi connectivity index (χ4v) is 5.48. The normalized spacial score (nSPS) is 13.2. The predicted molar refractivity (Wildman–Crippen MR) is 148 cm³/mol. The standard InChI is InChI=1S/C34H33NO3.Na/c36-33(30-13-7-8-14-30)35(24-32(28-9-3-1-4-10-28)29-11-5-2-6-12-29)23-25-15-17-26(18-16-25)27-19-21-31(22-20-27)34(37)38;/h1-6,9-12,15-22,30,32H,7-8,13-14,23-24H2,(H,37,38);/q;+1/p-1. The van der Waals surface area contributed by atoms with Crippen LogP contribution < -0.4 is 34.7 Å². The number of benzene rings is 4. The number of carboxylic acid groups (broad SMARTS) is 1. The van der Waals surface area contributed by atoms with Gasteiger partial charge in [0.25, 0.3) is 0 Å². The maximum atomic E-state index is 13.8. The molecule has 0 atom stereocenters. The van der Waals surface area contributed by atoms with Crippen molar-refractivity contribution in [3.63, 3.8) is 0 Å². The van der Waals surface area contributed by atoms with Gasteiger partial charge in [0.05, 0.1) is 5.97 Å². The molecule has 0 aromatic heterocycles. The number of rotatable bonds is 9. The Morgan fingerprint density at radius 3 is 1.69 bits per heavy atom. The molecule has 4 aromatic carbocycles. The van der Waals surface area contributed by atoms with Gasteiger partial charge >= 0.3 is 29.6 Å². The van der Waals surface area contributed by atoms with Gasteiger partial charge in [0.1, 0.15) is 0 Å². The molecule has 192 valence electrons. The second-order valence-corrected chi connectivity index (χ2v) is 10.1. The molecule has 0 spiro atoms. The van der Waals surface area contributed by atoms with E-state index >= 15 is 0 Å². The fourth-order valence-electron chi connectivity index (χ4n) is 5.48.